The lowest BCUT2D eigenvalue weighted by Gasteiger charge is -2.24. The van der Waals surface area contributed by atoms with Gasteiger partial charge in [0, 0.05) is 81.2 Å². The Hall–Kier alpha value is -2.14. The lowest BCUT2D eigenvalue weighted by Crippen LogP contribution is -2.43. The molecule has 200 valence electrons. The molecule has 0 amide bonds. The Morgan fingerprint density at radius 1 is 0.667 bits per heavy atom. The van der Waals surface area contributed by atoms with E-state index in [-0.39, 0.29) is 0 Å². The molecule has 14 nitrogen and oxygen atoms in total. The molecule has 0 unspecified atom stereocenters. The zero-order chi connectivity index (χ0) is 27.3. The Balaban J connectivity index is -0.000000132. The van der Waals surface area contributed by atoms with Crippen molar-refractivity contribution in [1.82, 2.24) is 10.6 Å². The number of nitrogens with one attached hydrogen (secondary N) is 2. The highest BCUT2D eigenvalue weighted by Gasteiger charge is 2.36. The van der Waals surface area contributed by atoms with Crippen molar-refractivity contribution in [3.8, 4) is 0 Å². The fourth-order valence-corrected chi connectivity index (χ4v) is 3.24. The largest absolute Gasteiger partial charge is 0.500 e. The van der Waals surface area contributed by atoms with Gasteiger partial charge in [-0.15, -0.1) is 0 Å². The minimum absolute atomic E-state index is 0.684. The summed E-state index contributed by atoms with van der Waals surface area (Å²) in [5, 5.41) is 36.2. The summed E-state index contributed by atoms with van der Waals surface area (Å²) in [6, 6.07) is 0.833. The van der Waals surface area contributed by atoms with Crippen molar-refractivity contribution in [3.05, 3.63) is 0 Å². The average molecular weight is 506 g/mol. The van der Waals surface area contributed by atoms with Gasteiger partial charge < -0.3 is 50.1 Å². The predicted octanol–water partition coefficient (Wildman–Crippen LogP) is -0.244. The highest BCUT2D eigenvalue weighted by molar-refractivity contribution is 6.60. The third kappa shape index (κ3) is 72.7. The van der Waals surface area contributed by atoms with Gasteiger partial charge in [-0.25, -0.2) is 0 Å². The third-order valence-electron chi connectivity index (χ3n) is 2.57. The Labute approximate surface area is 196 Å². The molecule has 0 aliphatic carbocycles. The van der Waals surface area contributed by atoms with Crippen molar-refractivity contribution in [2.24, 2.45) is 5.73 Å². The first-order valence-electron chi connectivity index (χ1n) is 9.72. The molecule has 0 aromatic carbocycles. The second-order valence-electron chi connectivity index (χ2n) is 5.76. The van der Waals surface area contributed by atoms with Gasteiger partial charge >= 0.3 is 8.80 Å². The molecule has 0 rings (SSSR count). The molecule has 0 bridgehead atoms. The number of aliphatic carboxylic acids is 4. The average Bonchev–Trinajstić information content (AvgIpc) is 2.66. The molecule has 0 aromatic rings. The Kier molecular flexibility index (Phi) is 39.9. The SMILES string of the molecule is CC(=O)O.CC(=O)O.CC(=O)O.CC(=O)O.CO[Si](CCCNCCNCCN)(OC)OC. The molecule has 0 aliphatic heterocycles. The zero-order valence-electron chi connectivity index (χ0n) is 20.7. The summed E-state index contributed by atoms with van der Waals surface area (Å²) >= 11 is 0. The van der Waals surface area contributed by atoms with Crippen LogP contribution in [0.3, 0.4) is 0 Å². The normalized spacial score (nSPS) is 9.21. The van der Waals surface area contributed by atoms with E-state index in [9.17, 15) is 0 Å². The van der Waals surface area contributed by atoms with Gasteiger partial charge in [-0.1, -0.05) is 0 Å². The van der Waals surface area contributed by atoms with Crippen LogP contribution in [-0.2, 0) is 32.5 Å². The van der Waals surface area contributed by atoms with Crippen molar-refractivity contribution < 1.29 is 52.9 Å². The molecule has 0 saturated heterocycles. The number of nitrogens with two attached hydrogens (primary N) is 1. The molecule has 0 radical (unpaired) electrons. The van der Waals surface area contributed by atoms with E-state index in [0.29, 0.717) is 6.54 Å². The molecule has 0 aromatic heterocycles. The summed E-state index contributed by atoms with van der Waals surface area (Å²) in [6.45, 7) is 8.72. The van der Waals surface area contributed by atoms with Crippen molar-refractivity contribution in [2.45, 2.75) is 40.2 Å². The number of carbonyl (C=O) groups is 4. The summed E-state index contributed by atoms with van der Waals surface area (Å²) in [7, 11) is 2.56. The van der Waals surface area contributed by atoms with E-state index in [0.717, 1.165) is 66.3 Å². The van der Waals surface area contributed by atoms with Gasteiger partial charge in [-0.2, -0.15) is 0 Å². The fraction of sp³-hybridized carbons (Fsp3) is 0.778. The maximum atomic E-state index is 9.00. The summed E-state index contributed by atoms with van der Waals surface area (Å²) in [6.07, 6.45) is 0.985. The van der Waals surface area contributed by atoms with Crippen LogP contribution in [0.15, 0.2) is 0 Å². The first-order chi connectivity index (χ1) is 15.2. The number of carboxylic acids is 4. The van der Waals surface area contributed by atoms with Gasteiger partial charge in [0.25, 0.3) is 23.9 Å². The maximum absolute atomic E-state index is 9.00. The van der Waals surface area contributed by atoms with Crippen LogP contribution in [0.25, 0.3) is 0 Å². The highest BCUT2D eigenvalue weighted by Crippen LogP contribution is 2.14. The Morgan fingerprint density at radius 3 is 1.18 bits per heavy atom. The van der Waals surface area contributed by atoms with Crippen LogP contribution in [0.5, 0.6) is 0 Å². The van der Waals surface area contributed by atoms with Gasteiger partial charge in [0.2, 0.25) is 0 Å². The fourth-order valence-electron chi connectivity index (χ4n) is 1.51. The first-order valence-corrected chi connectivity index (χ1v) is 11.7. The van der Waals surface area contributed by atoms with Gasteiger partial charge in [0.1, 0.15) is 0 Å². The Morgan fingerprint density at radius 2 is 0.939 bits per heavy atom. The summed E-state index contributed by atoms with van der Waals surface area (Å²) in [5.74, 6) is -3.33. The standard InChI is InChI=1S/C10H27N3O3Si.4C2H4O2/c1-14-17(15-2,16-3)10-4-6-12-8-9-13-7-5-11;4*1-2(3)4/h12-13H,4-11H2,1-3H3;4*1H3,(H,3,4). The minimum atomic E-state index is -2.37. The smallest absolute Gasteiger partial charge is 0.481 e. The van der Waals surface area contributed by atoms with E-state index in [1.165, 1.54) is 0 Å². The van der Waals surface area contributed by atoms with E-state index in [1.807, 2.05) is 0 Å². The van der Waals surface area contributed by atoms with Crippen molar-refractivity contribution in [1.29, 1.82) is 0 Å². The number of hydrogen-bond donors (Lipinski definition) is 7. The van der Waals surface area contributed by atoms with Gasteiger partial charge in [-0.05, 0) is 13.0 Å². The third-order valence-corrected chi connectivity index (χ3v) is 5.40. The number of rotatable bonds is 12. The number of hydrogen-bond acceptors (Lipinski definition) is 10. The molecule has 15 heteroatoms. The molecule has 8 N–H and O–H groups in total. The minimum Gasteiger partial charge on any atom is -0.481 e. The predicted molar refractivity (Wildman–Crippen MR) is 124 cm³/mol. The molecule has 0 spiro atoms. The summed E-state index contributed by atoms with van der Waals surface area (Å²) in [5.41, 5.74) is 5.36. The van der Waals surface area contributed by atoms with Crippen LogP contribution < -0.4 is 16.4 Å². The maximum Gasteiger partial charge on any atom is 0.500 e. The molecular formula is C18H43N3O11Si. The second kappa shape index (κ2) is 32.0. The van der Waals surface area contributed by atoms with Crippen LogP contribution in [0, 0.1) is 0 Å². The molecular weight excluding hydrogens is 462 g/mol. The summed E-state index contributed by atoms with van der Waals surface area (Å²) in [4.78, 5) is 36.0. The number of carboxylic acid groups (broad SMARTS) is 4. The van der Waals surface area contributed by atoms with Gasteiger partial charge in [-0.3, -0.25) is 19.2 Å². The van der Waals surface area contributed by atoms with Gasteiger partial charge in [0.05, 0.1) is 0 Å². The van der Waals surface area contributed by atoms with Gasteiger partial charge in [0.15, 0.2) is 0 Å². The monoisotopic (exact) mass is 505 g/mol. The zero-order valence-corrected chi connectivity index (χ0v) is 21.7. The van der Waals surface area contributed by atoms with Crippen LogP contribution in [0.1, 0.15) is 34.1 Å². The summed E-state index contributed by atoms with van der Waals surface area (Å²) < 4.78 is 16.0. The second-order valence-corrected chi connectivity index (χ2v) is 8.85. The molecule has 0 aliphatic rings. The quantitative estimate of drug-likeness (QED) is 0.134. The highest BCUT2D eigenvalue weighted by atomic mass is 28.4. The van der Waals surface area contributed by atoms with Crippen LogP contribution in [0.2, 0.25) is 6.04 Å². The Bertz CT molecular complexity index is 407. The van der Waals surface area contributed by atoms with E-state index >= 15 is 0 Å². The van der Waals surface area contributed by atoms with E-state index < -0.39 is 32.7 Å². The first kappa shape index (κ1) is 41.1. The molecule has 33 heavy (non-hydrogen) atoms. The van der Waals surface area contributed by atoms with E-state index in [1.54, 1.807) is 21.3 Å². The van der Waals surface area contributed by atoms with Crippen LogP contribution in [0.4, 0.5) is 0 Å². The molecule has 0 atom stereocenters. The van der Waals surface area contributed by atoms with Crippen molar-refractivity contribution in [2.75, 3.05) is 54.1 Å². The van der Waals surface area contributed by atoms with Crippen molar-refractivity contribution in [3.63, 3.8) is 0 Å². The lowest BCUT2D eigenvalue weighted by molar-refractivity contribution is -0.135. The topological polar surface area (TPSA) is 227 Å². The van der Waals surface area contributed by atoms with E-state index in [4.69, 9.17) is 58.6 Å². The lowest BCUT2D eigenvalue weighted by atomic mass is 10.4. The molecule has 0 fully saturated rings. The molecule has 0 saturated carbocycles. The van der Waals surface area contributed by atoms with Crippen LogP contribution in [-0.4, -0.2) is 107 Å². The van der Waals surface area contributed by atoms with Crippen LogP contribution >= 0.6 is 0 Å². The van der Waals surface area contributed by atoms with Crippen molar-refractivity contribution >= 4 is 32.7 Å². The van der Waals surface area contributed by atoms with E-state index in [2.05, 4.69) is 10.6 Å². The molecule has 0 heterocycles.